The summed E-state index contributed by atoms with van der Waals surface area (Å²) in [5.41, 5.74) is 0.776. The third-order valence-corrected chi connectivity index (χ3v) is 3.41. The number of aliphatic hydroxyl groups excluding tert-OH is 1. The summed E-state index contributed by atoms with van der Waals surface area (Å²) in [6, 6.07) is 11.2. The van der Waals surface area contributed by atoms with Crippen LogP contribution in [0.15, 0.2) is 46.9 Å². The van der Waals surface area contributed by atoms with Crippen LogP contribution in [0.5, 0.6) is 0 Å². The lowest BCUT2D eigenvalue weighted by Crippen LogP contribution is -2.03. The van der Waals surface area contributed by atoms with Crippen LogP contribution in [-0.4, -0.2) is 5.11 Å². The Bertz CT molecular complexity index is 545. The monoisotopic (exact) mass is 314 g/mol. The molecule has 0 radical (unpaired) electrons. The quantitative estimate of drug-likeness (QED) is 0.875. The summed E-state index contributed by atoms with van der Waals surface area (Å²) in [4.78, 5) is 0. The van der Waals surface area contributed by atoms with E-state index >= 15 is 0 Å². The van der Waals surface area contributed by atoms with E-state index in [0.717, 1.165) is 0 Å². The van der Waals surface area contributed by atoms with E-state index in [0.29, 0.717) is 15.1 Å². The van der Waals surface area contributed by atoms with Gasteiger partial charge in [0.15, 0.2) is 0 Å². The highest BCUT2D eigenvalue weighted by Crippen LogP contribution is 2.31. The van der Waals surface area contributed by atoms with Crippen LogP contribution in [0.1, 0.15) is 17.2 Å². The molecule has 1 unspecified atom stereocenters. The molecule has 1 nitrogen and oxygen atoms in total. The molecule has 0 aliphatic heterocycles. The first-order valence-electron chi connectivity index (χ1n) is 4.97. The van der Waals surface area contributed by atoms with E-state index in [-0.39, 0.29) is 5.56 Å². The fraction of sp³-hybridized carbons (Fsp3) is 0.0769. The molecule has 0 bridgehead atoms. The van der Waals surface area contributed by atoms with Gasteiger partial charge in [0.25, 0.3) is 0 Å². The van der Waals surface area contributed by atoms with Gasteiger partial charge in [-0.2, -0.15) is 0 Å². The Morgan fingerprint density at radius 1 is 1.12 bits per heavy atom. The van der Waals surface area contributed by atoms with E-state index in [1.807, 2.05) is 0 Å². The molecular formula is C13H9BrClFO. The van der Waals surface area contributed by atoms with Crippen molar-refractivity contribution in [3.63, 3.8) is 0 Å². The smallest absolute Gasteiger partial charge is 0.129 e. The van der Waals surface area contributed by atoms with Gasteiger partial charge in [-0.25, -0.2) is 4.39 Å². The van der Waals surface area contributed by atoms with Crippen molar-refractivity contribution in [2.45, 2.75) is 6.10 Å². The maximum absolute atomic E-state index is 13.5. The molecule has 0 aromatic heterocycles. The highest BCUT2D eigenvalue weighted by molar-refractivity contribution is 9.10. The predicted molar refractivity (Wildman–Crippen MR) is 69.6 cm³/mol. The second kappa shape index (κ2) is 5.17. The Morgan fingerprint density at radius 3 is 2.53 bits per heavy atom. The highest BCUT2D eigenvalue weighted by atomic mass is 79.9. The van der Waals surface area contributed by atoms with Gasteiger partial charge in [-0.15, -0.1) is 0 Å². The van der Waals surface area contributed by atoms with Crippen LogP contribution in [-0.2, 0) is 0 Å². The Morgan fingerprint density at radius 2 is 1.82 bits per heavy atom. The van der Waals surface area contributed by atoms with Gasteiger partial charge in [0, 0.05) is 20.6 Å². The van der Waals surface area contributed by atoms with E-state index in [2.05, 4.69) is 15.9 Å². The molecule has 0 heterocycles. The molecule has 1 atom stereocenters. The van der Waals surface area contributed by atoms with Crippen molar-refractivity contribution < 1.29 is 9.50 Å². The topological polar surface area (TPSA) is 20.2 Å². The van der Waals surface area contributed by atoms with Crippen molar-refractivity contribution in [3.8, 4) is 0 Å². The van der Waals surface area contributed by atoms with E-state index in [1.165, 1.54) is 6.07 Å². The third-order valence-electron chi connectivity index (χ3n) is 2.45. The number of rotatable bonds is 2. The first-order chi connectivity index (χ1) is 8.09. The maximum Gasteiger partial charge on any atom is 0.129 e. The van der Waals surface area contributed by atoms with Crippen LogP contribution in [0.2, 0.25) is 5.02 Å². The molecule has 2 aromatic carbocycles. The van der Waals surface area contributed by atoms with Crippen LogP contribution in [0.4, 0.5) is 4.39 Å². The summed E-state index contributed by atoms with van der Waals surface area (Å²) in [5.74, 6) is -0.438. The van der Waals surface area contributed by atoms with Crippen LogP contribution >= 0.6 is 27.5 Å². The molecule has 88 valence electrons. The molecule has 0 saturated carbocycles. The van der Waals surface area contributed by atoms with E-state index in [9.17, 15) is 9.50 Å². The summed E-state index contributed by atoms with van der Waals surface area (Å²) < 4.78 is 14.2. The standard InChI is InChI=1S/C13H9BrClFO/c14-11-6-5-8(15)7-10(11)13(17)9-3-1-2-4-12(9)16/h1-7,13,17H. The lowest BCUT2D eigenvalue weighted by Gasteiger charge is -2.14. The van der Waals surface area contributed by atoms with Gasteiger partial charge < -0.3 is 5.11 Å². The summed E-state index contributed by atoms with van der Waals surface area (Å²) in [6.45, 7) is 0. The average Bonchev–Trinajstić information content (AvgIpc) is 2.32. The molecular weight excluding hydrogens is 306 g/mol. The zero-order chi connectivity index (χ0) is 12.4. The van der Waals surface area contributed by atoms with Gasteiger partial charge in [-0.05, 0) is 24.3 Å². The van der Waals surface area contributed by atoms with Gasteiger partial charge in [0.1, 0.15) is 11.9 Å². The Labute approximate surface area is 112 Å². The van der Waals surface area contributed by atoms with Gasteiger partial charge in [-0.3, -0.25) is 0 Å². The Hall–Kier alpha value is -0.900. The molecule has 2 aromatic rings. The molecule has 1 N–H and O–H groups in total. The molecule has 0 amide bonds. The van der Waals surface area contributed by atoms with Crippen molar-refractivity contribution in [2.75, 3.05) is 0 Å². The van der Waals surface area contributed by atoms with Crippen molar-refractivity contribution in [2.24, 2.45) is 0 Å². The lowest BCUT2D eigenvalue weighted by molar-refractivity contribution is 0.214. The highest BCUT2D eigenvalue weighted by Gasteiger charge is 2.17. The summed E-state index contributed by atoms with van der Waals surface area (Å²) in [6.07, 6.45) is -1.04. The van der Waals surface area contributed by atoms with Crippen molar-refractivity contribution in [1.29, 1.82) is 0 Å². The Balaban J connectivity index is 2.47. The molecule has 2 rings (SSSR count). The first-order valence-corrected chi connectivity index (χ1v) is 6.14. The van der Waals surface area contributed by atoms with E-state index in [1.54, 1.807) is 36.4 Å². The van der Waals surface area contributed by atoms with Gasteiger partial charge in [0.05, 0.1) is 0 Å². The maximum atomic E-state index is 13.5. The zero-order valence-electron chi connectivity index (χ0n) is 8.70. The average molecular weight is 316 g/mol. The fourth-order valence-corrected chi connectivity index (χ4v) is 2.23. The summed E-state index contributed by atoms with van der Waals surface area (Å²) in [7, 11) is 0. The largest absolute Gasteiger partial charge is 0.384 e. The predicted octanol–water partition coefficient (Wildman–Crippen LogP) is 4.32. The molecule has 0 fully saturated rings. The van der Waals surface area contributed by atoms with Gasteiger partial charge in [-0.1, -0.05) is 45.7 Å². The minimum absolute atomic E-state index is 0.232. The lowest BCUT2D eigenvalue weighted by atomic mass is 10.0. The second-order valence-electron chi connectivity index (χ2n) is 3.59. The van der Waals surface area contributed by atoms with Gasteiger partial charge >= 0.3 is 0 Å². The van der Waals surface area contributed by atoms with Crippen molar-refractivity contribution >= 4 is 27.5 Å². The van der Waals surface area contributed by atoms with E-state index in [4.69, 9.17) is 11.6 Å². The summed E-state index contributed by atoms with van der Waals surface area (Å²) in [5, 5.41) is 10.6. The number of benzene rings is 2. The number of hydrogen-bond donors (Lipinski definition) is 1. The second-order valence-corrected chi connectivity index (χ2v) is 4.88. The minimum Gasteiger partial charge on any atom is -0.384 e. The van der Waals surface area contributed by atoms with Crippen LogP contribution in [0, 0.1) is 5.82 Å². The molecule has 0 saturated heterocycles. The van der Waals surface area contributed by atoms with Crippen LogP contribution in [0.3, 0.4) is 0 Å². The fourth-order valence-electron chi connectivity index (χ4n) is 1.59. The molecule has 4 heteroatoms. The minimum atomic E-state index is -1.04. The third kappa shape index (κ3) is 2.68. The molecule has 0 spiro atoms. The first kappa shape index (κ1) is 12.6. The van der Waals surface area contributed by atoms with Crippen LogP contribution in [0.25, 0.3) is 0 Å². The molecule has 0 aliphatic rings. The molecule has 0 aliphatic carbocycles. The zero-order valence-corrected chi connectivity index (χ0v) is 11.0. The number of hydrogen-bond acceptors (Lipinski definition) is 1. The van der Waals surface area contributed by atoms with Crippen LogP contribution < -0.4 is 0 Å². The number of halogens is 3. The SMILES string of the molecule is OC(c1ccccc1F)c1cc(Cl)ccc1Br. The number of aliphatic hydroxyl groups is 1. The van der Waals surface area contributed by atoms with E-state index < -0.39 is 11.9 Å². The van der Waals surface area contributed by atoms with Crippen molar-refractivity contribution in [3.05, 3.63) is 68.9 Å². The normalized spacial score (nSPS) is 12.5. The van der Waals surface area contributed by atoms with Gasteiger partial charge in [0.2, 0.25) is 0 Å². The van der Waals surface area contributed by atoms with Crippen molar-refractivity contribution in [1.82, 2.24) is 0 Å². The Kier molecular flexibility index (Phi) is 3.82. The molecule has 17 heavy (non-hydrogen) atoms. The summed E-state index contributed by atoms with van der Waals surface area (Å²) >= 11 is 9.17.